The number of furan rings is 1. The third-order valence-electron chi connectivity index (χ3n) is 6.21. The number of aryl methyl sites for hydroxylation is 1. The summed E-state index contributed by atoms with van der Waals surface area (Å²) in [5.41, 5.74) is 5.55. The van der Waals surface area contributed by atoms with Crippen LogP contribution in [-0.2, 0) is 6.54 Å². The van der Waals surface area contributed by atoms with E-state index < -0.39 is 0 Å². The van der Waals surface area contributed by atoms with Gasteiger partial charge in [0.15, 0.2) is 0 Å². The van der Waals surface area contributed by atoms with E-state index in [0.717, 1.165) is 40.1 Å². The molecule has 2 unspecified atom stereocenters. The summed E-state index contributed by atoms with van der Waals surface area (Å²) in [6.07, 6.45) is 11.4. The maximum absolute atomic E-state index is 6.03. The molecular weight excluding hydrogens is 412 g/mol. The maximum Gasteiger partial charge on any atom is 0.134 e. The lowest BCUT2D eigenvalue weighted by Gasteiger charge is -2.38. The Hall–Kier alpha value is -3.80. The second-order valence-electron chi connectivity index (χ2n) is 8.42. The molecule has 0 spiro atoms. The number of nitrogens with zero attached hydrogens (tertiary/aromatic N) is 4. The Labute approximate surface area is 193 Å². The molecule has 2 atom stereocenters. The summed E-state index contributed by atoms with van der Waals surface area (Å²) in [4.78, 5) is 11.1. The van der Waals surface area contributed by atoms with E-state index in [1.165, 1.54) is 5.56 Å². The zero-order valence-corrected chi connectivity index (χ0v) is 19.2. The summed E-state index contributed by atoms with van der Waals surface area (Å²) < 4.78 is 13.7. The molecule has 0 aliphatic carbocycles. The lowest BCUT2D eigenvalue weighted by atomic mass is 10.0. The Balaban J connectivity index is 1.38. The summed E-state index contributed by atoms with van der Waals surface area (Å²) in [5.74, 6) is 0.869. The van der Waals surface area contributed by atoms with Gasteiger partial charge < -0.3 is 18.6 Å². The largest absolute Gasteiger partial charge is 0.492 e. The minimum absolute atomic E-state index is 0.0203. The zero-order chi connectivity index (χ0) is 22.8. The first-order chi connectivity index (χ1) is 16.1. The maximum atomic E-state index is 6.03. The molecule has 6 heteroatoms. The van der Waals surface area contributed by atoms with Gasteiger partial charge in [0.2, 0.25) is 0 Å². The van der Waals surface area contributed by atoms with Crippen LogP contribution in [0.3, 0.4) is 0 Å². The molecule has 2 aromatic heterocycles. The van der Waals surface area contributed by atoms with Crippen LogP contribution in [0, 0.1) is 6.92 Å². The van der Waals surface area contributed by atoms with Crippen LogP contribution in [0.4, 0.5) is 0 Å². The van der Waals surface area contributed by atoms with E-state index in [9.17, 15) is 0 Å². The van der Waals surface area contributed by atoms with E-state index in [1.54, 1.807) is 12.5 Å². The first-order valence-corrected chi connectivity index (χ1v) is 11.3. The van der Waals surface area contributed by atoms with Gasteiger partial charge >= 0.3 is 0 Å². The van der Waals surface area contributed by atoms with Gasteiger partial charge in [0.1, 0.15) is 24.1 Å². The topological polar surface area (TPSA) is 55.8 Å². The third-order valence-corrected chi connectivity index (χ3v) is 6.21. The molecule has 1 aliphatic rings. The highest BCUT2D eigenvalue weighted by atomic mass is 16.5. The van der Waals surface area contributed by atoms with Crippen LogP contribution in [0.1, 0.15) is 36.6 Å². The zero-order valence-electron chi connectivity index (χ0n) is 19.2. The average molecular weight is 441 g/mol. The number of imidazole rings is 1. The minimum Gasteiger partial charge on any atom is -0.492 e. The molecule has 0 N–H and O–H groups in total. The van der Waals surface area contributed by atoms with Crippen LogP contribution >= 0.6 is 0 Å². The molecule has 0 saturated carbocycles. The number of aliphatic imine (C=N–C) groups is 1. The smallest absolute Gasteiger partial charge is 0.134 e. The lowest BCUT2D eigenvalue weighted by Crippen LogP contribution is -2.34. The summed E-state index contributed by atoms with van der Waals surface area (Å²) in [7, 11) is 0. The van der Waals surface area contributed by atoms with Crippen molar-refractivity contribution >= 4 is 22.9 Å². The number of hydrogen-bond donors (Lipinski definition) is 0. The highest BCUT2D eigenvalue weighted by molar-refractivity contribution is 5.90. The Kier molecular flexibility index (Phi) is 5.73. The highest BCUT2D eigenvalue weighted by Gasteiger charge is 2.26. The van der Waals surface area contributed by atoms with Gasteiger partial charge in [-0.3, -0.25) is 4.99 Å². The van der Waals surface area contributed by atoms with Crippen LogP contribution in [0.5, 0.6) is 5.75 Å². The van der Waals surface area contributed by atoms with Crippen molar-refractivity contribution in [2.24, 2.45) is 4.99 Å². The predicted molar refractivity (Wildman–Crippen MR) is 131 cm³/mol. The molecule has 3 heterocycles. The van der Waals surface area contributed by atoms with Gasteiger partial charge in [-0.25, -0.2) is 4.98 Å². The Morgan fingerprint density at radius 1 is 1.18 bits per heavy atom. The van der Waals surface area contributed by atoms with E-state index in [2.05, 4.69) is 72.1 Å². The molecule has 6 nitrogen and oxygen atoms in total. The molecular formula is C27H28N4O2. The summed E-state index contributed by atoms with van der Waals surface area (Å²) in [5, 5.41) is 1.14. The Morgan fingerprint density at radius 3 is 2.94 bits per heavy atom. The van der Waals surface area contributed by atoms with Crippen LogP contribution < -0.4 is 4.74 Å². The first-order valence-electron chi connectivity index (χ1n) is 11.3. The SMILES string of the molecule is Cc1coc2ccc(C3=CC=NC(C)N3C(C)c3cccc(OCCn4ccnc4)c3)cc12. The van der Waals surface area contributed by atoms with Crippen molar-refractivity contribution in [1.82, 2.24) is 14.5 Å². The molecule has 168 valence electrons. The number of allylic oxidation sites excluding steroid dienone is 1. The van der Waals surface area contributed by atoms with Crippen molar-refractivity contribution in [3.63, 3.8) is 0 Å². The summed E-state index contributed by atoms with van der Waals surface area (Å²) >= 11 is 0. The first kappa shape index (κ1) is 21.1. The van der Waals surface area contributed by atoms with Crippen molar-refractivity contribution < 1.29 is 9.15 Å². The monoisotopic (exact) mass is 440 g/mol. The van der Waals surface area contributed by atoms with Crippen LogP contribution in [0.2, 0.25) is 0 Å². The van der Waals surface area contributed by atoms with Gasteiger partial charge in [0, 0.05) is 29.7 Å². The predicted octanol–water partition coefficient (Wildman–Crippen LogP) is 5.85. The molecule has 5 rings (SSSR count). The van der Waals surface area contributed by atoms with Crippen LogP contribution in [-0.4, -0.2) is 33.4 Å². The average Bonchev–Trinajstić information content (AvgIpc) is 3.48. The van der Waals surface area contributed by atoms with E-state index in [1.807, 2.05) is 35.4 Å². The molecule has 0 amide bonds. The van der Waals surface area contributed by atoms with E-state index in [-0.39, 0.29) is 12.2 Å². The van der Waals surface area contributed by atoms with Gasteiger partial charge in [0.25, 0.3) is 0 Å². The number of fused-ring (bicyclic) bond motifs is 1. The molecule has 0 bridgehead atoms. The van der Waals surface area contributed by atoms with E-state index in [4.69, 9.17) is 9.15 Å². The fourth-order valence-electron chi connectivity index (χ4n) is 4.40. The van der Waals surface area contributed by atoms with Gasteiger partial charge in [-0.1, -0.05) is 12.1 Å². The number of ether oxygens (including phenoxy) is 1. The summed E-state index contributed by atoms with van der Waals surface area (Å²) in [6.45, 7) is 7.78. The standard InChI is InChI=1S/C27H28N4O2/c1-19-17-33-27-8-7-23(16-25(19)27)26-9-10-29-21(3)31(26)20(2)22-5-4-6-24(15-22)32-14-13-30-12-11-28-18-30/h4-12,15-18,20-21H,13-14H2,1-3H3. The van der Waals surface area contributed by atoms with Crippen molar-refractivity contribution in [3.05, 3.63) is 90.2 Å². The molecule has 0 radical (unpaired) electrons. The van der Waals surface area contributed by atoms with Crippen LogP contribution in [0.25, 0.3) is 16.7 Å². The normalized spacial score (nSPS) is 16.8. The number of hydrogen-bond acceptors (Lipinski definition) is 5. The van der Waals surface area contributed by atoms with Gasteiger partial charge in [-0.15, -0.1) is 0 Å². The van der Waals surface area contributed by atoms with Crippen molar-refractivity contribution in [3.8, 4) is 5.75 Å². The number of rotatable bonds is 7. The third kappa shape index (κ3) is 4.29. The number of aromatic nitrogens is 2. The van der Waals surface area contributed by atoms with Gasteiger partial charge in [0.05, 0.1) is 25.2 Å². The molecule has 0 fully saturated rings. The second kappa shape index (κ2) is 8.98. The Morgan fingerprint density at radius 2 is 2.09 bits per heavy atom. The molecule has 1 aliphatic heterocycles. The molecule has 4 aromatic rings. The Bertz CT molecular complexity index is 1300. The van der Waals surface area contributed by atoms with Crippen molar-refractivity contribution in [2.75, 3.05) is 6.61 Å². The van der Waals surface area contributed by atoms with E-state index >= 15 is 0 Å². The molecule has 0 saturated heterocycles. The fourth-order valence-corrected chi connectivity index (χ4v) is 4.40. The molecule has 33 heavy (non-hydrogen) atoms. The van der Waals surface area contributed by atoms with Gasteiger partial charge in [-0.2, -0.15) is 0 Å². The van der Waals surface area contributed by atoms with Crippen LogP contribution in [0.15, 0.2) is 82.9 Å². The number of benzene rings is 2. The lowest BCUT2D eigenvalue weighted by molar-refractivity contribution is 0.251. The fraction of sp³-hybridized carbons (Fsp3) is 0.259. The van der Waals surface area contributed by atoms with E-state index in [0.29, 0.717) is 6.61 Å². The second-order valence-corrected chi connectivity index (χ2v) is 8.42. The highest BCUT2D eigenvalue weighted by Crippen LogP contribution is 2.36. The van der Waals surface area contributed by atoms with Gasteiger partial charge in [-0.05, 0) is 73.9 Å². The molecule has 2 aromatic carbocycles. The quantitative estimate of drug-likeness (QED) is 0.362. The van der Waals surface area contributed by atoms with Crippen molar-refractivity contribution in [2.45, 2.75) is 39.5 Å². The summed E-state index contributed by atoms with van der Waals surface area (Å²) in [6, 6.07) is 14.8. The van der Waals surface area contributed by atoms with Crippen molar-refractivity contribution in [1.29, 1.82) is 0 Å². The minimum atomic E-state index is 0.0203.